The molecule has 0 atom stereocenters. The van der Waals surface area contributed by atoms with Gasteiger partial charge in [0.2, 0.25) is 0 Å². The maximum Gasteiger partial charge on any atom is 0.127 e. The summed E-state index contributed by atoms with van der Waals surface area (Å²) in [6, 6.07) is 2.65. The van der Waals surface area contributed by atoms with Crippen LogP contribution in [0.25, 0.3) is 0 Å². The second-order valence-electron chi connectivity index (χ2n) is 4.75. The van der Waals surface area contributed by atoms with Gasteiger partial charge in [0.15, 0.2) is 0 Å². The van der Waals surface area contributed by atoms with Crippen LogP contribution in [0, 0.1) is 18.6 Å². The summed E-state index contributed by atoms with van der Waals surface area (Å²) in [6.45, 7) is 2.10. The van der Waals surface area contributed by atoms with Crippen LogP contribution in [0.15, 0.2) is 12.1 Å². The molecule has 1 aliphatic rings. The van der Waals surface area contributed by atoms with Gasteiger partial charge in [0.05, 0.1) is 0 Å². The minimum atomic E-state index is -0.320. The third kappa shape index (κ3) is 1.73. The van der Waals surface area contributed by atoms with Crippen molar-refractivity contribution in [2.24, 2.45) is 5.73 Å². The summed E-state index contributed by atoms with van der Waals surface area (Å²) in [5.74, 6) is -0.605. The number of aryl methyl sites for hydroxylation is 1. The van der Waals surface area contributed by atoms with Crippen LogP contribution in [-0.2, 0) is 5.41 Å². The average molecular weight is 225 g/mol. The molecule has 2 rings (SSSR count). The van der Waals surface area contributed by atoms with Crippen LogP contribution in [0.1, 0.15) is 36.8 Å². The summed E-state index contributed by atoms with van der Waals surface area (Å²) in [5, 5.41) is 0. The zero-order valence-corrected chi connectivity index (χ0v) is 9.52. The molecule has 0 spiro atoms. The molecule has 0 unspecified atom stereocenters. The minimum Gasteiger partial charge on any atom is -0.330 e. The van der Waals surface area contributed by atoms with Crippen molar-refractivity contribution >= 4 is 0 Å². The van der Waals surface area contributed by atoms with Crippen LogP contribution in [0.4, 0.5) is 8.78 Å². The van der Waals surface area contributed by atoms with Gasteiger partial charge in [-0.25, -0.2) is 8.78 Å². The quantitative estimate of drug-likeness (QED) is 0.840. The number of nitrogens with two attached hydrogens (primary N) is 1. The van der Waals surface area contributed by atoms with Crippen molar-refractivity contribution in [3.63, 3.8) is 0 Å². The molecule has 16 heavy (non-hydrogen) atoms. The number of hydrogen-bond acceptors (Lipinski definition) is 1. The first-order valence-electron chi connectivity index (χ1n) is 5.75. The number of halogens is 2. The maximum absolute atomic E-state index is 13.9. The van der Waals surface area contributed by atoms with Crippen molar-refractivity contribution in [2.75, 3.05) is 6.54 Å². The lowest BCUT2D eigenvalue weighted by atomic mass is 9.62. The Kier molecular flexibility index (Phi) is 2.98. The molecule has 0 aromatic heterocycles. The van der Waals surface area contributed by atoms with Gasteiger partial charge in [-0.1, -0.05) is 6.42 Å². The first-order valence-corrected chi connectivity index (χ1v) is 5.75. The first kappa shape index (κ1) is 11.5. The zero-order chi connectivity index (χ0) is 11.8. The molecule has 1 aromatic carbocycles. The van der Waals surface area contributed by atoms with Gasteiger partial charge in [-0.05, 0) is 61.4 Å². The molecule has 0 amide bonds. The van der Waals surface area contributed by atoms with E-state index >= 15 is 0 Å². The largest absolute Gasteiger partial charge is 0.330 e. The molecule has 0 heterocycles. The second kappa shape index (κ2) is 4.13. The Balaban J connectivity index is 2.42. The van der Waals surface area contributed by atoms with Crippen LogP contribution < -0.4 is 5.73 Å². The first-order chi connectivity index (χ1) is 7.59. The smallest absolute Gasteiger partial charge is 0.127 e. The SMILES string of the molecule is Cc1cc(F)c(C2(CCN)CCC2)cc1F. The van der Waals surface area contributed by atoms with Crippen LogP contribution in [0.2, 0.25) is 0 Å². The van der Waals surface area contributed by atoms with E-state index in [2.05, 4.69) is 0 Å². The third-order valence-electron chi connectivity index (χ3n) is 3.75. The molecule has 1 aromatic rings. The molecule has 0 radical (unpaired) electrons. The highest BCUT2D eigenvalue weighted by Crippen LogP contribution is 2.47. The van der Waals surface area contributed by atoms with E-state index in [1.165, 1.54) is 12.1 Å². The lowest BCUT2D eigenvalue weighted by Gasteiger charge is -2.42. The summed E-state index contributed by atoms with van der Waals surface area (Å²) in [6.07, 6.45) is 3.66. The normalized spacial score (nSPS) is 18.2. The van der Waals surface area contributed by atoms with E-state index in [0.29, 0.717) is 17.7 Å². The van der Waals surface area contributed by atoms with E-state index in [4.69, 9.17) is 5.73 Å². The third-order valence-corrected chi connectivity index (χ3v) is 3.75. The van der Waals surface area contributed by atoms with E-state index in [1.807, 2.05) is 0 Å². The topological polar surface area (TPSA) is 26.0 Å². The molecule has 0 aliphatic heterocycles. The Hall–Kier alpha value is -0.960. The second-order valence-corrected chi connectivity index (χ2v) is 4.75. The summed E-state index contributed by atoms with van der Waals surface area (Å²) < 4.78 is 27.4. The van der Waals surface area contributed by atoms with Gasteiger partial charge in [-0.3, -0.25) is 0 Å². The number of rotatable bonds is 3. The van der Waals surface area contributed by atoms with E-state index in [-0.39, 0.29) is 17.0 Å². The Morgan fingerprint density at radius 1 is 1.25 bits per heavy atom. The molecule has 88 valence electrons. The fourth-order valence-electron chi connectivity index (χ4n) is 2.59. The van der Waals surface area contributed by atoms with Crippen molar-refractivity contribution in [2.45, 2.75) is 38.0 Å². The Bertz CT molecular complexity index is 397. The van der Waals surface area contributed by atoms with Gasteiger partial charge in [0.25, 0.3) is 0 Å². The molecule has 2 N–H and O–H groups in total. The average Bonchev–Trinajstić information content (AvgIpc) is 2.18. The molecule has 3 heteroatoms. The van der Waals surface area contributed by atoms with E-state index in [1.54, 1.807) is 6.92 Å². The van der Waals surface area contributed by atoms with Gasteiger partial charge in [0.1, 0.15) is 11.6 Å². The molecular weight excluding hydrogens is 208 g/mol. The predicted octanol–water partition coefficient (Wildman–Crippen LogP) is 3.04. The maximum atomic E-state index is 13.9. The molecule has 1 nitrogen and oxygen atoms in total. The molecule has 1 saturated carbocycles. The van der Waals surface area contributed by atoms with Crippen molar-refractivity contribution in [1.29, 1.82) is 0 Å². The Labute approximate surface area is 94.7 Å². The monoisotopic (exact) mass is 225 g/mol. The van der Waals surface area contributed by atoms with E-state index < -0.39 is 0 Å². The zero-order valence-electron chi connectivity index (χ0n) is 9.52. The van der Waals surface area contributed by atoms with Gasteiger partial charge in [0, 0.05) is 0 Å². The molecule has 0 bridgehead atoms. The standard InChI is InChI=1S/C13H17F2N/c1-9-7-12(15)10(8-11(9)14)13(5-6-16)3-2-4-13/h7-8H,2-6,16H2,1H3. The van der Waals surface area contributed by atoms with Crippen LogP contribution in [0.5, 0.6) is 0 Å². The van der Waals surface area contributed by atoms with Crippen molar-refractivity contribution < 1.29 is 8.78 Å². The molecule has 1 fully saturated rings. The Morgan fingerprint density at radius 3 is 2.44 bits per heavy atom. The van der Waals surface area contributed by atoms with Crippen molar-refractivity contribution in [1.82, 2.24) is 0 Å². The van der Waals surface area contributed by atoms with Gasteiger partial charge >= 0.3 is 0 Å². The van der Waals surface area contributed by atoms with Crippen LogP contribution in [0.3, 0.4) is 0 Å². The van der Waals surface area contributed by atoms with Gasteiger partial charge < -0.3 is 5.73 Å². The van der Waals surface area contributed by atoms with Crippen LogP contribution >= 0.6 is 0 Å². The number of benzene rings is 1. The summed E-state index contributed by atoms with van der Waals surface area (Å²) in [5.41, 5.74) is 6.25. The fourth-order valence-corrected chi connectivity index (χ4v) is 2.59. The van der Waals surface area contributed by atoms with E-state index in [9.17, 15) is 8.78 Å². The highest BCUT2D eigenvalue weighted by atomic mass is 19.1. The number of hydrogen-bond donors (Lipinski definition) is 1. The molecular formula is C13H17F2N. The minimum absolute atomic E-state index is 0.201. The molecule has 1 aliphatic carbocycles. The van der Waals surface area contributed by atoms with Gasteiger partial charge in [-0.2, -0.15) is 0 Å². The van der Waals surface area contributed by atoms with Gasteiger partial charge in [-0.15, -0.1) is 0 Å². The van der Waals surface area contributed by atoms with Crippen molar-refractivity contribution in [3.05, 3.63) is 34.9 Å². The van der Waals surface area contributed by atoms with Crippen molar-refractivity contribution in [3.8, 4) is 0 Å². The molecule has 0 saturated heterocycles. The lowest BCUT2D eigenvalue weighted by molar-refractivity contribution is 0.221. The summed E-state index contributed by atoms with van der Waals surface area (Å²) in [4.78, 5) is 0. The summed E-state index contributed by atoms with van der Waals surface area (Å²) >= 11 is 0. The predicted molar refractivity (Wildman–Crippen MR) is 60.3 cm³/mol. The lowest BCUT2D eigenvalue weighted by Crippen LogP contribution is -2.37. The highest BCUT2D eigenvalue weighted by Gasteiger charge is 2.40. The highest BCUT2D eigenvalue weighted by molar-refractivity contribution is 5.33. The van der Waals surface area contributed by atoms with Crippen LogP contribution in [-0.4, -0.2) is 6.54 Å². The summed E-state index contributed by atoms with van der Waals surface area (Å²) in [7, 11) is 0. The van der Waals surface area contributed by atoms with E-state index in [0.717, 1.165) is 25.7 Å². The Morgan fingerprint density at radius 2 is 1.94 bits per heavy atom. The fraction of sp³-hybridized carbons (Fsp3) is 0.538.